The van der Waals surface area contributed by atoms with E-state index < -0.39 is 11.4 Å². The van der Waals surface area contributed by atoms with Crippen LogP contribution in [0.25, 0.3) is 0 Å². The Bertz CT molecular complexity index is 530. The number of amides is 1. The number of carbonyl (C=O) groups excluding carboxylic acids is 1. The van der Waals surface area contributed by atoms with Gasteiger partial charge in [0.1, 0.15) is 11.4 Å². The molecule has 0 unspecified atom stereocenters. The van der Waals surface area contributed by atoms with Crippen LogP contribution < -0.4 is 5.32 Å². The molecule has 0 spiro atoms. The summed E-state index contributed by atoms with van der Waals surface area (Å²) in [4.78, 5) is 14.2. The van der Waals surface area contributed by atoms with E-state index >= 15 is 0 Å². The molecule has 1 amide bonds. The van der Waals surface area contributed by atoms with Crippen molar-refractivity contribution in [1.82, 2.24) is 10.2 Å². The van der Waals surface area contributed by atoms with Crippen LogP contribution in [0.15, 0.2) is 24.3 Å². The van der Waals surface area contributed by atoms with Crippen molar-refractivity contribution in [2.45, 2.75) is 24.8 Å². The highest BCUT2D eigenvalue weighted by molar-refractivity contribution is 5.79. The van der Waals surface area contributed by atoms with Crippen molar-refractivity contribution >= 4 is 5.91 Å². The topological polar surface area (TPSA) is 56.1 Å². The van der Waals surface area contributed by atoms with E-state index in [2.05, 4.69) is 16.3 Å². The molecule has 0 bridgehead atoms. The number of halogens is 1. The van der Waals surface area contributed by atoms with Gasteiger partial charge in [-0.3, -0.25) is 4.79 Å². The smallest absolute Gasteiger partial charge is 0.225 e. The van der Waals surface area contributed by atoms with Gasteiger partial charge in [0.2, 0.25) is 5.91 Å². The Kier molecular flexibility index (Phi) is 4.35. The zero-order chi connectivity index (χ0) is 14.6. The van der Waals surface area contributed by atoms with E-state index in [1.54, 1.807) is 18.2 Å². The Morgan fingerprint density at radius 2 is 2.10 bits per heavy atom. The first-order valence-electron chi connectivity index (χ1n) is 6.69. The first kappa shape index (κ1) is 14.5. The van der Waals surface area contributed by atoms with Crippen LogP contribution in [0.1, 0.15) is 18.4 Å². The molecule has 1 aromatic carbocycles. The molecule has 0 aromatic heterocycles. The standard InChI is InChI=1S/C15H18FN3O/c1-19-8-6-15(11-17,7-9-19)18-14(20)10-12-4-2-3-5-13(12)16/h2-5H,6-10H2,1H3,(H,18,20). The summed E-state index contributed by atoms with van der Waals surface area (Å²) in [5.41, 5.74) is -0.458. The van der Waals surface area contributed by atoms with Gasteiger partial charge in [0.25, 0.3) is 0 Å². The van der Waals surface area contributed by atoms with Crippen molar-refractivity contribution in [1.29, 1.82) is 5.26 Å². The highest BCUT2D eigenvalue weighted by Crippen LogP contribution is 2.21. The summed E-state index contributed by atoms with van der Waals surface area (Å²) in [6.45, 7) is 1.54. The molecule has 0 saturated carbocycles. The molecule has 1 saturated heterocycles. The number of nitrogens with one attached hydrogen (secondary N) is 1. The van der Waals surface area contributed by atoms with Gasteiger partial charge in [0.15, 0.2) is 0 Å². The summed E-state index contributed by atoms with van der Waals surface area (Å²) in [6, 6.07) is 8.42. The van der Waals surface area contributed by atoms with Gasteiger partial charge in [-0.15, -0.1) is 0 Å². The summed E-state index contributed by atoms with van der Waals surface area (Å²) in [5, 5.41) is 12.1. The number of nitriles is 1. The number of hydrogen-bond donors (Lipinski definition) is 1. The first-order chi connectivity index (χ1) is 9.54. The van der Waals surface area contributed by atoms with Crippen molar-refractivity contribution in [3.05, 3.63) is 35.6 Å². The first-order valence-corrected chi connectivity index (χ1v) is 6.69. The van der Waals surface area contributed by atoms with Crippen molar-refractivity contribution in [2.24, 2.45) is 0 Å². The Hall–Kier alpha value is -1.93. The monoisotopic (exact) mass is 275 g/mol. The maximum atomic E-state index is 13.5. The lowest BCUT2D eigenvalue weighted by molar-refractivity contribution is -0.122. The van der Waals surface area contributed by atoms with E-state index in [-0.39, 0.29) is 12.3 Å². The summed E-state index contributed by atoms with van der Waals surface area (Å²) in [6.07, 6.45) is 1.16. The largest absolute Gasteiger partial charge is 0.337 e. The van der Waals surface area contributed by atoms with Crippen LogP contribution in [0.2, 0.25) is 0 Å². The van der Waals surface area contributed by atoms with Gasteiger partial charge in [0.05, 0.1) is 12.5 Å². The molecular weight excluding hydrogens is 257 g/mol. The van der Waals surface area contributed by atoms with Crippen LogP contribution in [0, 0.1) is 17.1 Å². The number of piperidine rings is 1. The van der Waals surface area contributed by atoms with Crippen molar-refractivity contribution < 1.29 is 9.18 Å². The number of likely N-dealkylation sites (tertiary alicyclic amines) is 1. The average Bonchev–Trinajstić information content (AvgIpc) is 2.44. The van der Waals surface area contributed by atoms with Crippen molar-refractivity contribution in [3.8, 4) is 6.07 Å². The fourth-order valence-corrected chi connectivity index (χ4v) is 2.39. The van der Waals surface area contributed by atoms with Gasteiger partial charge in [-0.1, -0.05) is 18.2 Å². The van der Waals surface area contributed by atoms with E-state index in [0.29, 0.717) is 18.4 Å². The molecule has 1 N–H and O–H groups in total. The summed E-state index contributed by atoms with van der Waals surface area (Å²) in [7, 11) is 1.99. The third kappa shape index (κ3) is 3.34. The molecule has 4 nitrogen and oxygen atoms in total. The van der Waals surface area contributed by atoms with Gasteiger partial charge in [0, 0.05) is 13.1 Å². The van der Waals surface area contributed by atoms with E-state index in [0.717, 1.165) is 13.1 Å². The Labute approximate surface area is 118 Å². The third-order valence-corrected chi connectivity index (χ3v) is 3.74. The molecule has 1 aromatic rings. The SMILES string of the molecule is CN1CCC(C#N)(NC(=O)Cc2ccccc2F)CC1. The minimum atomic E-state index is -0.811. The zero-order valence-corrected chi connectivity index (χ0v) is 11.5. The predicted molar refractivity (Wildman–Crippen MR) is 73.3 cm³/mol. The number of nitrogens with zero attached hydrogens (tertiary/aromatic N) is 2. The van der Waals surface area contributed by atoms with E-state index in [4.69, 9.17) is 0 Å². The molecule has 20 heavy (non-hydrogen) atoms. The molecule has 1 heterocycles. The van der Waals surface area contributed by atoms with E-state index in [1.165, 1.54) is 6.07 Å². The van der Waals surface area contributed by atoms with Gasteiger partial charge < -0.3 is 10.2 Å². The molecule has 1 aliphatic heterocycles. The Balaban J connectivity index is 2.00. The second-order valence-corrected chi connectivity index (χ2v) is 5.31. The summed E-state index contributed by atoms with van der Waals surface area (Å²) < 4.78 is 13.5. The van der Waals surface area contributed by atoms with Crippen LogP contribution in [-0.4, -0.2) is 36.5 Å². The van der Waals surface area contributed by atoms with Gasteiger partial charge >= 0.3 is 0 Å². The lowest BCUT2D eigenvalue weighted by Crippen LogP contribution is -2.54. The van der Waals surface area contributed by atoms with Crippen LogP contribution >= 0.6 is 0 Å². The van der Waals surface area contributed by atoms with Crippen LogP contribution in [0.3, 0.4) is 0 Å². The Morgan fingerprint density at radius 3 is 2.70 bits per heavy atom. The van der Waals surface area contributed by atoms with Crippen LogP contribution in [-0.2, 0) is 11.2 Å². The summed E-state index contributed by atoms with van der Waals surface area (Å²) in [5.74, 6) is -0.696. The minimum Gasteiger partial charge on any atom is -0.337 e. The number of rotatable bonds is 3. The number of carbonyl (C=O) groups is 1. The molecule has 5 heteroatoms. The van der Waals surface area contributed by atoms with Gasteiger partial charge in [-0.2, -0.15) is 5.26 Å². The molecular formula is C15H18FN3O. The third-order valence-electron chi connectivity index (χ3n) is 3.74. The van der Waals surface area contributed by atoms with Crippen LogP contribution in [0.4, 0.5) is 4.39 Å². The molecule has 0 aliphatic carbocycles. The van der Waals surface area contributed by atoms with E-state index in [9.17, 15) is 14.4 Å². The molecule has 0 radical (unpaired) electrons. The highest BCUT2D eigenvalue weighted by Gasteiger charge is 2.35. The predicted octanol–water partition coefficient (Wildman–Crippen LogP) is 1.47. The van der Waals surface area contributed by atoms with E-state index in [1.807, 2.05) is 7.05 Å². The molecule has 1 aliphatic rings. The van der Waals surface area contributed by atoms with Crippen LogP contribution in [0.5, 0.6) is 0 Å². The fourth-order valence-electron chi connectivity index (χ4n) is 2.39. The second kappa shape index (κ2) is 6.02. The Morgan fingerprint density at radius 1 is 1.45 bits per heavy atom. The lowest BCUT2D eigenvalue weighted by Gasteiger charge is -2.36. The number of benzene rings is 1. The van der Waals surface area contributed by atoms with Gasteiger partial charge in [-0.05, 0) is 31.5 Å². The second-order valence-electron chi connectivity index (χ2n) is 5.31. The maximum absolute atomic E-state index is 13.5. The van der Waals surface area contributed by atoms with Gasteiger partial charge in [-0.25, -0.2) is 4.39 Å². The zero-order valence-electron chi connectivity index (χ0n) is 11.5. The minimum absolute atomic E-state index is 0.0358. The molecule has 106 valence electrons. The summed E-state index contributed by atoms with van der Waals surface area (Å²) >= 11 is 0. The average molecular weight is 275 g/mol. The van der Waals surface area contributed by atoms with Crippen molar-refractivity contribution in [2.75, 3.05) is 20.1 Å². The molecule has 0 atom stereocenters. The lowest BCUT2D eigenvalue weighted by atomic mass is 9.89. The molecule has 1 fully saturated rings. The van der Waals surface area contributed by atoms with Crippen molar-refractivity contribution in [3.63, 3.8) is 0 Å². The normalized spacial score (nSPS) is 18.2. The quantitative estimate of drug-likeness (QED) is 0.909. The number of hydrogen-bond acceptors (Lipinski definition) is 3. The maximum Gasteiger partial charge on any atom is 0.225 e. The fraction of sp³-hybridized carbons (Fsp3) is 0.467. The molecule has 2 rings (SSSR count). The highest BCUT2D eigenvalue weighted by atomic mass is 19.1.